The highest BCUT2D eigenvalue weighted by molar-refractivity contribution is 6.02. The Hall–Kier alpha value is -4.08. The van der Waals surface area contributed by atoms with E-state index in [0.717, 1.165) is 0 Å². The Morgan fingerprint density at radius 1 is 0.854 bits per heavy atom. The zero-order chi connectivity index (χ0) is 29.8. The number of piperidine rings is 1. The number of carbonyl (C=O) groups excluding carboxylic acids is 3. The molecule has 9 heteroatoms. The molecule has 1 fully saturated rings. The Morgan fingerprint density at radius 2 is 1.37 bits per heavy atom. The van der Waals surface area contributed by atoms with Crippen LogP contribution in [0, 0.1) is 24.6 Å². The summed E-state index contributed by atoms with van der Waals surface area (Å²) >= 11 is 0. The lowest BCUT2D eigenvalue weighted by Gasteiger charge is -2.47. The van der Waals surface area contributed by atoms with E-state index in [-0.39, 0.29) is 53.2 Å². The SMILES string of the molecule is CC(=O)N(CCN(C)C)N1C[C@H](C(=O)c2cccc(O)c2)C(c2cccc(F)c2C)[C@@H](C(=O)c2cccc(O)c2)C1. The van der Waals surface area contributed by atoms with E-state index in [1.165, 1.54) is 37.3 Å². The number of carbonyl (C=O) groups is 3. The molecule has 0 bridgehead atoms. The Labute approximate surface area is 239 Å². The number of aromatic hydroxyl groups is 2. The van der Waals surface area contributed by atoms with E-state index in [2.05, 4.69) is 0 Å². The number of Topliss-reactive ketones (excluding diaryl/α,β-unsaturated/α-hetero) is 2. The predicted molar refractivity (Wildman–Crippen MR) is 153 cm³/mol. The third-order valence-corrected chi connectivity index (χ3v) is 7.75. The van der Waals surface area contributed by atoms with Crippen LogP contribution in [-0.2, 0) is 4.79 Å². The second-order valence-electron chi connectivity index (χ2n) is 10.8. The Balaban J connectivity index is 1.90. The maximum Gasteiger partial charge on any atom is 0.233 e. The van der Waals surface area contributed by atoms with Gasteiger partial charge in [-0.15, -0.1) is 0 Å². The van der Waals surface area contributed by atoms with Crippen LogP contribution < -0.4 is 0 Å². The lowest BCUT2D eigenvalue weighted by Crippen LogP contribution is -2.58. The van der Waals surface area contributed by atoms with Crippen LogP contribution in [0.1, 0.15) is 44.7 Å². The summed E-state index contributed by atoms with van der Waals surface area (Å²) < 4.78 is 14.9. The van der Waals surface area contributed by atoms with E-state index in [9.17, 15) is 29.0 Å². The maximum absolute atomic E-state index is 14.9. The predicted octanol–water partition coefficient (Wildman–Crippen LogP) is 4.27. The minimum absolute atomic E-state index is 0.0780. The highest BCUT2D eigenvalue weighted by Gasteiger charge is 2.47. The van der Waals surface area contributed by atoms with Crippen LogP contribution in [0.2, 0.25) is 0 Å². The normalized spacial score (nSPS) is 17.9. The van der Waals surface area contributed by atoms with E-state index in [1.54, 1.807) is 53.3 Å². The van der Waals surface area contributed by atoms with Crippen molar-refractivity contribution >= 4 is 17.5 Å². The minimum atomic E-state index is -0.862. The summed E-state index contributed by atoms with van der Waals surface area (Å²) in [5.41, 5.74) is 1.37. The number of rotatable bonds is 9. The smallest absolute Gasteiger partial charge is 0.233 e. The van der Waals surface area contributed by atoms with Crippen molar-refractivity contribution < 1.29 is 29.0 Å². The van der Waals surface area contributed by atoms with Gasteiger partial charge in [-0.1, -0.05) is 36.4 Å². The summed E-state index contributed by atoms with van der Waals surface area (Å²) in [5, 5.41) is 23.6. The molecule has 0 radical (unpaired) electrons. The first kappa shape index (κ1) is 29.9. The topological polar surface area (TPSA) is 101 Å². The van der Waals surface area contributed by atoms with Crippen molar-refractivity contribution in [3.8, 4) is 11.5 Å². The largest absolute Gasteiger partial charge is 0.508 e. The second kappa shape index (κ2) is 12.6. The van der Waals surface area contributed by atoms with Crippen LogP contribution in [0.25, 0.3) is 0 Å². The van der Waals surface area contributed by atoms with Gasteiger partial charge in [0.2, 0.25) is 5.91 Å². The van der Waals surface area contributed by atoms with Crippen molar-refractivity contribution in [2.24, 2.45) is 11.8 Å². The van der Waals surface area contributed by atoms with Crippen molar-refractivity contribution in [3.63, 3.8) is 0 Å². The quantitative estimate of drug-likeness (QED) is 0.377. The number of phenolic OH excluding ortho intramolecular Hbond substituents is 2. The lowest BCUT2D eigenvalue weighted by atomic mass is 9.68. The number of likely N-dealkylation sites (N-methyl/N-ethyl adjacent to an activating group) is 1. The zero-order valence-corrected chi connectivity index (χ0v) is 23.8. The molecule has 3 aromatic carbocycles. The van der Waals surface area contributed by atoms with Gasteiger partial charge in [0.25, 0.3) is 0 Å². The van der Waals surface area contributed by atoms with Crippen molar-refractivity contribution in [2.75, 3.05) is 40.3 Å². The second-order valence-corrected chi connectivity index (χ2v) is 10.8. The highest BCUT2D eigenvalue weighted by Crippen LogP contribution is 2.43. The molecule has 3 aromatic rings. The molecule has 0 aliphatic carbocycles. The molecular weight excluding hydrogens is 525 g/mol. The zero-order valence-electron chi connectivity index (χ0n) is 23.8. The number of hydrazine groups is 1. The van der Waals surface area contributed by atoms with E-state index in [1.807, 2.05) is 19.0 Å². The molecule has 2 atom stereocenters. The van der Waals surface area contributed by atoms with E-state index < -0.39 is 23.6 Å². The summed E-state index contributed by atoms with van der Waals surface area (Å²) in [6, 6.07) is 16.6. The van der Waals surface area contributed by atoms with Gasteiger partial charge in [0, 0.05) is 55.4 Å². The van der Waals surface area contributed by atoms with Crippen LogP contribution in [-0.4, -0.2) is 82.9 Å². The van der Waals surface area contributed by atoms with Gasteiger partial charge in [0.1, 0.15) is 17.3 Å². The minimum Gasteiger partial charge on any atom is -0.508 e. The third kappa shape index (κ3) is 6.64. The fourth-order valence-corrected chi connectivity index (χ4v) is 5.68. The fourth-order valence-electron chi connectivity index (χ4n) is 5.68. The van der Waals surface area contributed by atoms with Gasteiger partial charge in [-0.3, -0.25) is 19.4 Å². The summed E-state index contributed by atoms with van der Waals surface area (Å²) in [4.78, 5) is 43.2. The number of hydrogen-bond acceptors (Lipinski definition) is 7. The first-order valence-electron chi connectivity index (χ1n) is 13.6. The van der Waals surface area contributed by atoms with Gasteiger partial charge in [-0.2, -0.15) is 0 Å². The standard InChI is InChI=1S/C32H36FN3O5/c1-20-26(12-7-13-29(20)33)30-27(31(40)22-8-5-10-24(38)16-22)18-35(36(21(2)37)15-14-34(3)4)19-28(30)32(41)23-9-6-11-25(39)17-23/h5-13,16-17,27-28,30,38-39H,14-15,18-19H2,1-4H3/t27-,28-/m0/s1. The fraction of sp³-hybridized carbons (Fsp3) is 0.344. The van der Waals surface area contributed by atoms with Gasteiger partial charge < -0.3 is 15.1 Å². The Kier molecular flexibility index (Phi) is 9.20. The van der Waals surface area contributed by atoms with Gasteiger partial charge >= 0.3 is 0 Å². The van der Waals surface area contributed by atoms with Crippen LogP contribution in [0.15, 0.2) is 66.7 Å². The van der Waals surface area contributed by atoms with E-state index >= 15 is 0 Å². The molecule has 8 nitrogen and oxygen atoms in total. The molecule has 1 aliphatic heterocycles. The van der Waals surface area contributed by atoms with Crippen molar-refractivity contribution in [1.29, 1.82) is 0 Å². The number of halogens is 1. The van der Waals surface area contributed by atoms with Gasteiger partial charge in [-0.25, -0.2) is 9.40 Å². The molecular formula is C32H36FN3O5. The Bertz CT molecular complexity index is 1370. The number of amides is 1. The van der Waals surface area contributed by atoms with Crippen molar-refractivity contribution in [2.45, 2.75) is 19.8 Å². The Morgan fingerprint density at radius 3 is 1.83 bits per heavy atom. The van der Waals surface area contributed by atoms with Crippen LogP contribution in [0.3, 0.4) is 0 Å². The molecule has 1 amide bonds. The van der Waals surface area contributed by atoms with Gasteiger partial charge in [0.05, 0.1) is 6.54 Å². The van der Waals surface area contributed by atoms with E-state index in [0.29, 0.717) is 24.2 Å². The van der Waals surface area contributed by atoms with Crippen LogP contribution >= 0.6 is 0 Å². The molecule has 0 spiro atoms. The molecule has 0 saturated carbocycles. The number of benzene rings is 3. The third-order valence-electron chi connectivity index (χ3n) is 7.75. The summed E-state index contributed by atoms with van der Waals surface area (Å²) in [6.07, 6.45) is 0. The average Bonchev–Trinajstić information content (AvgIpc) is 2.93. The first-order valence-corrected chi connectivity index (χ1v) is 13.6. The van der Waals surface area contributed by atoms with E-state index in [4.69, 9.17) is 0 Å². The summed E-state index contributed by atoms with van der Waals surface area (Å²) in [7, 11) is 3.78. The molecule has 0 aromatic heterocycles. The number of phenols is 2. The highest BCUT2D eigenvalue weighted by atomic mass is 19.1. The van der Waals surface area contributed by atoms with Crippen LogP contribution in [0.4, 0.5) is 4.39 Å². The molecule has 4 rings (SSSR count). The van der Waals surface area contributed by atoms with Crippen LogP contribution in [0.5, 0.6) is 11.5 Å². The molecule has 216 valence electrons. The number of nitrogens with zero attached hydrogens (tertiary/aromatic N) is 3. The van der Waals surface area contributed by atoms with Gasteiger partial charge in [-0.05, 0) is 62.5 Å². The first-order chi connectivity index (χ1) is 19.5. The maximum atomic E-state index is 14.9. The molecule has 1 heterocycles. The molecule has 2 N–H and O–H groups in total. The summed E-state index contributed by atoms with van der Waals surface area (Å²) in [6.45, 7) is 4.17. The molecule has 41 heavy (non-hydrogen) atoms. The number of ketones is 2. The molecule has 1 saturated heterocycles. The van der Waals surface area contributed by atoms with Crippen molar-refractivity contribution in [3.05, 3.63) is 94.8 Å². The average molecular weight is 562 g/mol. The summed E-state index contributed by atoms with van der Waals surface area (Å²) in [5.74, 6) is -3.97. The molecule has 0 unspecified atom stereocenters. The van der Waals surface area contributed by atoms with Gasteiger partial charge in [0.15, 0.2) is 11.6 Å². The monoisotopic (exact) mass is 561 g/mol. The molecule has 1 aliphatic rings. The number of hydrogen-bond donors (Lipinski definition) is 2. The lowest BCUT2D eigenvalue weighted by molar-refractivity contribution is -0.152. The van der Waals surface area contributed by atoms with Crippen molar-refractivity contribution in [1.82, 2.24) is 14.9 Å².